The number of halogens is 1. The summed E-state index contributed by atoms with van der Waals surface area (Å²) in [4.78, 5) is 13.2. The van der Waals surface area contributed by atoms with Crippen LogP contribution >= 0.6 is 15.9 Å². The molecule has 90 valence electrons. The van der Waals surface area contributed by atoms with Gasteiger partial charge in [-0.2, -0.15) is 0 Å². The van der Waals surface area contributed by atoms with E-state index in [-0.39, 0.29) is 0 Å². The first-order chi connectivity index (χ1) is 8.24. The van der Waals surface area contributed by atoms with Crippen molar-refractivity contribution < 1.29 is 0 Å². The van der Waals surface area contributed by atoms with Crippen molar-refractivity contribution in [2.75, 3.05) is 0 Å². The molecule has 0 atom stereocenters. The number of hydrogen-bond donors (Lipinski definition) is 0. The Morgan fingerprint density at radius 1 is 1.29 bits per heavy atom. The molecule has 2 heterocycles. The summed E-state index contributed by atoms with van der Waals surface area (Å²) in [6, 6.07) is 1.91. The third-order valence-corrected chi connectivity index (χ3v) is 2.87. The highest BCUT2D eigenvalue weighted by atomic mass is 79.9. The molecule has 0 N–H and O–H groups in total. The Morgan fingerprint density at radius 2 is 2.12 bits per heavy atom. The molecule has 5 heteroatoms. The highest BCUT2D eigenvalue weighted by molar-refractivity contribution is 9.10. The van der Waals surface area contributed by atoms with Gasteiger partial charge in [-0.3, -0.25) is 0 Å². The molecule has 0 radical (unpaired) electrons. The van der Waals surface area contributed by atoms with Gasteiger partial charge in [-0.15, -0.1) is 0 Å². The van der Waals surface area contributed by atoms with Gasteiger partial charge in [-0.25, -0.2) is 15.0 Å². The lowest BCUT2D eigenvalue weighted by molar-refractivity contribution is 0.683. The minimum absolute atomic E-state index is 0.811. The molecular weight excluding hydrogens is 280 g/mol. The smallest absolute Gasteiger partial charge is 0.158 e. The van der Waals surface area contributed by atoms with E-state index in [2.05, 4.69) is 42.4 Å². The lowest BCUT2D eigenvalue weighted by Gasteiger charge is -2.07. The van der Waals surface area contributed by atoms with Crippen molar-refractivity contribution in [1.82, 2.24) is 19.5 Å². The SMILES string of the molecule is CCCn1ccnc1-c1cc(Br)nc(CC)n1. The van der Waals surface area contributed by atoms with E-state index in [0.29, 0.717) is 0 Å². The van der Waals surface area contributed by atoms with Crippen LogP contribution in [0.5, 0.6) is 0 Å². The number of aryl methyl sites for hydroxylation is 2. The van der Waals surface area contributed by atoms with Crippen LogP contribution in [0.1, 0.15) is 26.1 Å². The maximum absolute atomic E-state index is 4.51. The Labute approximate surface area is 109 Å². The second-order valence-corrected chi connectivity index (χ2v) is 4.60. The van der Waals surface area contributed by atoms with Gasteiger partial charge in [-0.05, 0) is 22.4 Å². The van der Waals surface area contributed by atoms with Crippen LogP contribution in [-0.2, 0) is 13.0 Å². The summed E-state index contributed by atoms with van der Waals surface area (Å²) in [7, 11) is 0. The van der Waals surface area contributed by atoms with Gasteiger partial charge < -0.3 is 4.57 Å². The summed E-state index contributed by atoms with van der Waals surface area (Å²) in [5.74, 6) is 1.74. The van der Waals surface area contributed by atoms with E-state index in [9.17, 15) is 0 Å². The molecule has 4 nitrogen and oxygen atoms in total. The fourth-order valence-corrected chi connectivity index (χ4v) is 2.12. The summed E-state index contributed by atoms with van der Waals surface area (Å²) in [6.45, 7) is 5.15. The average molecular weight is 295 g/mol. The van der Waals surface area contributed by atoms with E-state index in [1.54, 1.807) is 0 Å². The van der Waals surface area contributed by atoms with Crippen LogP contribution in [0.2, 0.25) is 0 Å². The van der Waals surface area contributed by atoms with Gasteiger partial charge in [0.05, 0.1) is 0 Å². The Bertz CT molecular complexity index is 507. The molecule has 0 bridgehead atoms. The summed E-state index contributed by atoms with van der Waals surface area (Å²) in [5, 5.41) is 0. The van der Waals surface area contributed by atoms with E-state index in [1.165, 1.54) is 0 Å². The van der Waals surface area contributed by atoms with Gasteiger partial charge >= 0.3 is 0 Å². The molecule has 0 unspecified atom stereocenters. The number of hydrogen-bond acceptors (Lipinski definition) is 3. The Kier molecular flexibility index (Phi) is 3.89. The predicted molar refractivity (Wildman–Crippen MR) is 70.6 cm³/mol. The van der Waals surface area contributed by atoms with Crippen molar-refractivity contribution in [2.45, 2.75) is 33.2 Å². The zero-order chi connectivity index (χ0) is 12.3. The first-order valence-corrected chi connectivity index (χ1v) is 6.58. The Morgan fingerprint density at radius 3 is 2.82 bits per heavy atom. The second kappa shape index (κ2) is 5.40. The van der Waals surface area contributed by atoms with Crippen molar-refractivity contribution in [1.29, 1.82) is 0 Å². The van der Waals surface area contributed by atoms with Gasteiger partial charge in [-0.1, -0.05) is 13.8 Å². The number of rotatable bonds is 4. The van der Waals surface area contributed by atoms with Crippen LogP contribution in [0.3, 0.4) is 0 Å². The maximum atomic E-state index is 4.51. The second-order valence-electron chi connectivity index (χ2n) is 3.79. The van der Waals surface area contributed by atoms with Crippen LogP contribution in [-0.4, -0.2) is 19.5 Å². The fraction of sp³-hybridized carbons (Fsp3) is 0.417. The molecule has 2 aromatic rings. The fourth-order valence-electron chi connectivity index (χ4n) is 1.70. The van der Waals surface area contributed by atoms with Crippen molar-refractivity contribution in [2.24, 2.45) is 0 Å². The molecule has 17 heavy (non-hydrogen) atoms. The van der Waals surface area contributed by atoms with E-state index in [4.69, 9.17) is 0 Å². The van der Waals surface area contributed by atoms with Gasteiger partial charge in [0.15, 0.2) is 5.82 Å². The molecule has 0 aromatic carbocycles. The molecule has 0 fully saturated rings. The standard InChI is InChI=1S/C12H15BrN4/c1-3-6-17-7-5-14-12(17)9-8-10(13)16-11(4-2)15-9/h5,7-8H,3-4,6H2,1-2H3. The summed E-state index contributed by atoms with van der Waals surface area (Å²) >= 11 is 3.41. The number of aromatic nitrogens is 4. The van der Waals surface area contributed by atoms with Crippen molar-refractivity contribution in [3.8, 4) is 11.5 Å². The monoisotopic (exact) mass is 294 g/mol. The largest absolute Gasteiger partial charge is 0.330 e. The molecule has 0 aliphatic rings. The highest BCUT2D eigenvalue weighted by Crippen LogP contribution is 2.19. The highest BCUT2D eigenvalue weighted by Gasteiger charge is 2.09. The quantitative estimate of drug-likeness (QED) is 0.814. The first kappa shape index (κ1) is 12.2. The third kappa shape index (κ3) is 2.72. The Balaban J connectivity index is 2.44. The van der Waals surface area contributed by atoms with Crippen molar-refractivity contribution in [3.05, 3.63) is 28.9 Å². The van der Waals surface area contributed by atoms with Crippen LogP contribution < -0.4 is 0 Å². The van der Waals surface area contributed by atoms with E-state index < -0.39 is 0 Å². The average Bonchev–Trinajstić information content (AvgIpc) is 2.77. The van der Waals surface area contributed by atoms with E-state index in [1.807, 2.05) is 25.4 Å². The topological polar surface area (TPSA) is 43.6 Å². The van der Waals surface area contributed by atoms with E-state index in [0.717, 1.165) is 41.3 Å². The minimum atomic E-state index is 0.811. The number of nitrogens with zero attached hydrogens (tertiary/aromatic N) is 4. The molecule has 0 amide bonds. The summed E-state index contributed by atoms with van der Waals surface area (Å²) in [5.41, 5.74) is 0.877. The first-order valence-electron chi connectivity index (χ1n) is 5.79. The normalized spacial score (nSPS) is 10.8. The van der Waals surface area contributed by atoms with Crippen LogP contribution in [0.25, 0.3) is 11.5 Å². The van der Waals surface area contributed by atoms with Crippen molar-refractivity contribution in [3.63, 3.8) is 0 Å². The number of imidazole rings is 1. The van der Waals surface area contributed by atoms with Gasteiger partial charge in [0.25, 0.3) is 0 Å². The zero-order valence-corrected chi connectivity index (χ0v) is 11.6. The lowest BCUT2D eigenvalue weighted by atomic mass is 10.3. The van der Waals surface area contributed by atoms with Crippen LogP contribution in [0, 0.1) is 0 Å². The molecule has 0 spiro atoms. The third-order valence-electron chi connectivity index (χ3n) is 2.47. The lowest BCUT2D eigenvalue weighted by Crippen LogP contribution is -2.02. The molecule has 0 aliphatic carbocycles. The zero-order valence-electron chi connectivity index (χ0n) is 10.0. The summed E-state index contributed by atoms with van der Waals surface area (Å²) in [6.07, 6.45) is 5.70. The van der Waals surface area contributed by atoms with Crippen molar-refractivity contribution >= 4 is 15.9 Å². The minimum Gasteiger partial charge on any atom is -0.330 e. The predicted octanol–water partition coefficient (Wildman–Crippen LogP) is 3.08. The van der Waals surface area contributed by atoms with Gasteiger partial charge in [0.2, 0.25) is 0 Å². The van der Waals surface area contributed by atoms with Gasteiger partial charge in [0.1, 0.15) is 16.1 Å². The maximum Gasteiger partial charge on any atom is 0.158 e. The molecule has 2 rings (SSSR count). The molecule has 0 saturated heterocycles. The van der Waals surface area contributed by atoms with Crippen LogP contribution in [0.4, 0.5) is 0 Å². The molecule has 0 aliphatic heterocycles. The summed E-state index contributed by atoms with van der Waals surface area (Å²) < 4.78 is 2.93. The van der Waals surface area contributed by atoms with Gasteiger partial charge in [0, 0.05) is 31.4 Å². The Hall–Kier alpha value is -1.23. The van der Waals surface area contributed by atoms with Crippen LogP contribution in [0.15, 0.2) is 23.1 Å². The van der Waals surface area contributed by atoms with E-state index >= 15 is 0 Å². The molecule has 0 saturated carbocycles. The molecular formula is C12H15BrN4. The molecule has 2 aromatic heterocycles.